The molecular formula is C28H34FN3O4. The molecule has 3 aromatic rings. The molecule has 0 aliphatic rings. The van der Waals surface area contributed by atoms with Crippen molar-refractivity contribution in [1.29, 1.82) is 0 Å². The van der Waals surface area contributed by atoms with Crippen LogP contribution in [0.5, 0.6) is 0 Å². The highest BCUT2D eigenvalue weighted by atomic mass is 19.1. The first kappa shape index (κ1) is 27.3. The summed E-state index contributed by atoms with van der Waals surface area (Å²) in [6.45, 7) is 4.76. The van der Waals surface area contributed by atoms with Crippen molar-refractivity contribution < 1.29 is 24.1 Å². The molecule has 0 bridgehead atoms. The van der Waals surface area contributed by atoms with E-state index in [1.54, 1.807) is 24.4 Å². The molecule has 7 nitrogen and oxygen atoms in total. The maximum Gasteiger partial charge on any atom is 0.308 e. The van der Waals surface area contributed by atoms with Crippen LogP contribution in [0, 0.1) is 5.82 Å². The third kappa shape index (κ3) is 6.87. The number of aliphatic hydroxyl groups excluding tert-OH is 2. The van der Waals surface area contributed by atoms with E-state index in [4.69, 9.17) is 4.98 Å². The second-order valence-electron chi connectivity index (χ2n) is 9.01. The summed E-state index contributed by atoms with van der Waals surface area (Å²) in [5.41, 5.74) is 4.30. The lowest BCUT2D eigenvalue weighted by Gasteiger charge is -2.14. The Morgan fingerprint density at radius 2 is 1.89 bits per heavy atom. The zero-order valence-corrected chi connectivity index (χ0v) is 21.1. The van der Waals surface area contributed by atoms with Gasteiger partial charge in [-0.15, -0.1) is 0 Å². The highest BCUT2D eigenvalue weighted by Crippen LogP contribution is 2.36. The number of methoxy groups -OCH3 is 1. The molecule has 8 heteroatoms. The second kappa shape index (κ2) is 12.6. The van der Waals surface area contributed by atoms with Gasteiger partial charge in [0, 0.05) is 36.2 Å². The van der Waals surface area contributed by atoms with E-state index >= 15 is 0 Å². The monoisotopic (exact) mass is 495 g/mol. The molecule has 1 aromatic heterocycles. The van der Waals surface area contributed by atoms with E-state index in [9.17, 15) is 19.4 Å². The van der Waals surface area contributed by atoms with Gasteiger partial charge in [-0.05, 0) is 49.0 Å². The van der Waals surface area contributed by atoms with Crippen molar-refractivity contribution in [3.05, 3.63) is 71.8 Å². The Labute approximate surface area is 211 Å². The maximum absolute atomic E-state index is 13.8. The van der Waals surface area contributed by atoms with E-state index < -0.39 is 18.2 Å². The maximum atomic E-state index is 13.8. The Morgan fingerprint density at radius 1 is 1.17 bits per heavy atom. The Bertz CT molecular complexity index is 1190. The van der Waals surface area contributed by atoms with Crippen molar-refractivity contribution in [3.8, 4) is 22.5 Å². The summed E-state index contributed by atoms with van der Waals surface area (Å²) in [4.78, 5) is 16.4. The molecule has 1 heterocycles. The summed E-state index contributed by atoms with van der Waals surface area (Å²) in [7, 11) is 3.14. The van der Waals surface area contributed by atoms with Crippen LogP contribution in [0.4, 0.5) is 4.39 Å². The number of imidazole rings is 1. The number of aromatic nitrogens is 2. The normalized spacial score (nSPS) is 13.3. The molecule has 0 amide bonds. The van der Waals surface area contributed by atoms with Gasteiger partial charge < -0.3 is 24.8 Å². The van der Waals surface area contributed by atoms with Gasteiger partial charge in [0.1, 0.15) is 11.6 Å². The fourth-order valence-corrected chi connectivity index (χ4v) is 4.03. The summed E-state index contributed by atoms with van der Waals surface area (Å²) in [5.74, 6) is -0.0665. The van der Waals surface area contributed by atoms with E-state index in [2.05, 4.69) is 16.1 Å². The van der Waals surface area contributed by atoms with Crippen molar-refractivity contribution in [2.75, 3.05) is 14.2 Å². The lowest BCUT2D eigenvalue weighted by Crippen LogP contribution is -2.20. The van der Waals surface area contributed by atoms with Crippen LogP contribution in [0.2, 0.25) is 0 Å². The lowest BCUT2D eigenvalue weighted by atomic mass is 10.0. The Kier molecular flexibility index (Phi) is 9.52. The standard InChI is InChI=1S/C28H34FN3O4/c1-18(2)28-31-26(21-7-5-6-19(14-21)17-30-3)27(20-8-10-22(29)11-9-20)32(28)13-12-23(33)15-24(34)16-25(35)36-4/h5-14,18,23-24,30,33-34H,15-17H2,1-4H3/b13-12+. The van der Waals surface area contributed by atoms with Crippen LogP contribution >= 0.6 is 0 Å². The number of aliphatic hydroxyl groups is 2. The highest BCUT2D eigenvalue weighted by molar-refractivity contribution is 5.81. The third-order valence-electron chi connectivity index (χ3n) is 5.75. The Balaban J connectivity index is 2.08. The lowest BCUT2D eigenvalue weighted by molar-refractivity contribution is -0.143. The number of rotatable bonds is 11. The zero-order chi connectivity index (χ0) is 26.2. The van der Waals surface area contributed by atoms with Gasteiger partial charge in [-0.25, -0.2) is 9.37 Å². The number of halogens is 1. The van der Waals surface area contributed by atoms with E-state index in [0.29, 0.717) is 6.54 Å². The topological polar surface area (TPSA) is 96.6 Å². The van der Waals surface area contributed by atoms with Crippen molar-refractivity contribution >= 4 is 12.2 Å². The van der Waals surface area contributed by atoms with Crippen LogP contribution in [0.15, 0.2) is 54.6 Å². The fourth-order valence-electron chi connectivity index (χ4n) is 4.03. The predicted molar refractivity (Wildman–Crippen MR) is 139 cm³/mol. The molecule has 0 saturated carbocycles. The number of carbonyl (C=O) groups excluding carboxylic acids is 1. The van der Waals surface area contributed by atoms with Crippen LogP contribution in [0.1, 0.15) is 44.0 Å². The number of hydrogen-bond donors (Lipinski definition) is 3. The zero-order valence-electron chi connectivity index (χ0n) is 21.1. The molecule has 0 radical (unpaired) electrons. The number of benzene rings is 2. The molecule has 2 unspecified atom stereocenters. The minimum Gasteiger partial charge on any atom is -0.469 e. The SMILES string of the molecule is CNCc1cccc(-c2nc(C(C)C)n(/C=C/C(O)CC(O)CC(=O)OC)c2-c2ccc(F)cc2)c1. The third-order valence-corrected chi connectivity index (χ3v) is 5.75. The van der Waals surface area contributed by atoms with Gasteiger partial charge in [-0.1, -0.05) is 32.0 Å². The number of nitrogens with one attached hydrogen (secondary N) is 1. The molecule has 0 aliphatic carbocycles. The average molecular weight is 496 g/mol. The molecule has 36 heavy (non-hydrogen) atoms. The summed E-state index contributed by atoms with van der Waals surface area (Å²) < 4.78 is 20.2. The van der Waals surface area contributed by atoms with E-state index in [-0.39, 0.29) is 24.6 Å². The molecule has 0 fully saturated rings. The minimum atomic E-state index is -1.04. The van der Waals surface area contributed by atoms with Crippen LogP contribution in [-0.4, -0.2) is 52.1 Å². The Hall–Kier alpha value is -3.33. The summed E-state index contributed by atoms with van der Waals surface area (Å²) in [5, 5.41) is 23.8. The first-order valence-corrected chi connectivity index (χ1v) is 12.0. The molecule has 0 saturated heterocycles. The quantitative estimate of drug-likeness (QED) is 0.343. The van der Waals surface area contributed by atoms with Crippen LogP contribution < -0.4 is 5.32 Å². The Morgan fingerprint density at radius 3 is 2.53 bits per heavy atom. The highest BCUT2D eigenvalue weighted by Gasteiger charge is 2.22. The van der Waals surface area contributed by atoms with Gasteiger partial charge >= 0.3 is 5.97 Å². The van der Waals surface area contributed by atoms with Gasteiger partial charge in [-0.2, -0.15) is 0 Å². The van der Waals surface area contributed by atoms with Gasteiger partial charge in [0.25, 0.3) is 0 Å². The first-order chi connectivity index (χ1) is 17.2. The van der Waals surface area contributed by atoms with Gasteiger partial charge in [0.2, 0.25) is 0 Å². The van der Waals surface area contributed by atoms with Crippen molar-refractivity contribution in [3.63, 3.8) is 0 Å². The fraction of sp³-hybridized carbons (Fsp3) is 0.357. The smallest absolute Gasteiger partial charge is 0.308 e. The minimum absolute atomic E-state index is 0.0257. The van der Waals surface area contributed by atoms with Crippen molar-refractivity contribution in [1.82, 2.24) is 14.9 Å². The molecule has 0 spiro atoms. The summed E-state index contributed by atoms with van der Waals surface area (Å²) in [6.07, 6.45) is 1.02. The molecular weight excluding hydrogens is 461 g/mol. The molecule has 0 aliphatic heterocycles. The van der Waals surface area contributed by atoms with Gasteiger partial charge in [-0.3, -0.25) is 4.79 Å². The number of ether oxygens (including phenoxy) is 1. The summed E-state index contributed by atoms with van der Waals surface area (Å²) >= 11 is 0. The molecule has 192 valence electrons. The first-order valence-electron chi connectivity index (χ1n) is 12.0. The summed E-state index contributed by atoms with van der Waals surface area (Å²) in [6, 6.07) is 14.3. The largest absolute Gasteiger partial charge is 0.469 e. The van der Waals surface area contributed by atoms with Crippen molar-refractivity contribution in [2.24, 2.45) is 0 Å². The van der Waals surface area contributed by atoms with E-state index in [1.807, 2.05) is 43.7 Å². The molecule has 3 rings (SSSR count). The van der Waals surface area contributed by atoms with Crippen LogP contribution in [0.25, 0.3) is 28.7 Å². The number of nitrogens with zero attached hydrogens (tertiary/aromatic N) is 2. The molecule has 3 N–H and O–H groups in total. The average Bonchev–Trinajstić information content (AvgIpc) is 3.23. The number of esters is 1. The number of hydrogen-bond acceptors (Lipinski definition) is 6. The predicted octanol–water partition coefficient (Wildman–Crippen LogP) is 4.34. The van der Waals surface area contributed by atoms with Gasteiger partial charge in [0.05, 0.1) is 37.1 Å². The molecule has 2 aromatic carbocycles. The van der Waals surface area contributed by atoms with E-state index in [1.165, 1.54) is 19.2 Å². The van der Waals surface area contributed by atoms with E-state index in [0.717, 1.165) is 33.9 Å². The van der Waals surface area contributed by atoms with Gasteiger partial charge in [0.15, 0.2) is 0 Å². The molecule has 2 atom stereocenters. The van der Waals surface area contributed by atoms with Crippen molar-refractivity contribution in [2.45, 2.75) is 51.4 Å². The number of carbonyl (C=O) groups is 1. The van der Waals surface area contributed by atoms with Crippen LogP contribution in [-0.2, 0) is 16.1 Å². The van der Waals surface area contributed by atoms with Crippen LogP contribution in [0.3, 0.4) is 0 Å². The second-order valence-corrected chi connectivity index (χ2v) is 9.01.